The van der Waals surface area contributed by atoms with Crippen LogP contribution in [0.3, 0.4) is 0 Å². The molecule has 28 heavy (non-hydrogen) atoms. The van der Waals surface area contributed by atoms with Crippen LogP contribution in [-0.2, 0) is 27.8 Å². The molecule has 2 aliphatic heterocycles. The lowest BCUT2D eigenvalue weighted by Crippen LogP contribution is -2.52. The van der Waals surface area contributed by atoms with Crippen molar-refractivity contribution in [3.8, 4) is 0 Å². The van der Waals surface area contributed by atoms with Crippen molar-refractivity contribution in [2.45, 2.75) is 17.2 Å². The molecule has 0 aliphatic carbocycles. The first-order valence-electron chi connectivity index (χ1n) is 9.26. The number of piperazine rings is 1. The van der Waals surface area contributed by atoms with Crippen molar-refractivity contribution in [2.75, 3.05) is 39.3 Å². The summed E-state index contributed by atoms with van der Waals surface area (Å²) in [5.74, 6) is 0.0654. The number of rotatable bonds is 4. The molecule has 1 saturated heterocycles. The average Bonchev–Trinajstić information content (AvgIpc) is 3.15. The fourth-order valence-corrected chi connectivity index (χ4v) is 6.78. The molecule has 2 aromatic rings. The zero-order valence-electron chi connectivity index (χ0n) is 15.4. The van der Waals surface area contributed by atoms with Gasteiger partial charge >= 0.3 is 0 Å². The number of nitrogens with zero attached hydrogens (tertiary/aromatic N) is 3. The van der Waals surface area contributed by atoms with Gasteiger partial charge in [0.15, 0.2) is 0 Å². The second kappa shape index (κ2) is 8.12. The molecule has 6 nitrogen and oxygen atoms in total. The molecule has 4 rings (SSSR count). The summed E-state index contributed by atoms with van der Waals surface area (Å²) in [5, 5.41) is 0. The molecule has 1 fully saturated rings. The molecule has 150 valence electrons. The zero-order chi connectivity index (χ0) is 19.7. The van der Waals surface area contributed by atoms with E-state index in [0.717, 1.165) is 30.8 Å². The number of hydrogen-bond acceptors (Lipinski definition) is 5. The van der Waals surface area contributed by atoms with Crippen molar-refractivity contribution in [3.05, 3.63) is 51.9 Å². The van der Waals surface area contributed by atoms with Crippen LogP contribution in [0.1, 0.15) is 11.1 Å². The topological polar surface area (TPSA) is 60.9 Å². The Hall–Kier alpha value is -1.45. The summed E-state index contributed by atoms with van der Waals surface area (Å²) in [5.41, 5.74) is 2.64. The fraction of sp³-hybridized carbons (Fsp3) is 0.421. The van der Waals surface area contributed by atoms with Gasteiger partial charge in [-0.1, -0.05) is 35.9 Å². The summed E-state index contributed by atoms with van der Waals surface area (Å²) < 4.78 is 27.5. The summed E-state index contributed by atoms with van der Waals surface area (Å²) in [6.07, 6.45) is 0.957. The first-order valence-corrected chi connectivity index (χ1v) is 11.9. The van der Waals surface area contributed by atoms with Crippen molar-refractivity contribution >= 4 is 38.9 Å². The van der Waals surface area contributed by atoms with E-state index in [1.54, 1.807) is 11.0 Å². The second-order valence-corrected chi connectivity index (χ2v) is 11.0. The zero-order valence-corrected chi connectivity index (χ0v) is 17.8. The van der Waals surface area contributed by atoms with E-state index >= 15 is 0 Å². The minimum Gasteiger partial charge on any atom is -0.339 e. The van der Waals surface area contributed by atoms with Gasteiger partial charge in [0, 0.05) is 39.3 Å². The Labute approximate surface area is 174 Å². The van der Waals surface area contributed by atoms with Crippen LogP contribution in [0.5, 0.6) is 0 Å². The molecular weight excluding hydrogens is 418 g/mol. The molecule has 0 atom stereocenters. The maximum Gasteiger partial charge on any atom is 0.252 e. The van der Waals surface area contributed by atoms with Crippen LogP contribution in [0, 0.1) is 0 Å². The number of sulfonamides is 1. The van der Waals surface area contributed by atoms with Gasteiger partial charge in [0.2, 0.25) is 5.91 Å². The van der Waals surface area contributed by atoms with Crippen LogP contribution < -0.4 is 0 Å². The standard InChI is InChI=1S/C19H22ClN3O3S2/c20-17-5-6-19(27-17)28(25,26)23-11-9-22(10-12-23)18(24)14-21-8-7-15-3-1-2-4-16(15)13-21/h1-6H,7-14H2. The molecular formula is C19H22ClN3O3S2. The molecule has 1 aromatic carbocycles. The number of hydrogen-bond donors (Lipinski definition) is 0. The van der Waals surface area contributed by atoms with Crippen LogP contribution in [0.2, 0.25) is 4.34 Å². The summed E-state index contributed by atoms with van der Waals surface area (Å²) in [6, 6.07) is 11.5. The molecule has 0 bridgehead atoms. The Morgan fingerprint density at radius 1 is 1.00 bits per heavy atom. The summed E-state index contributed by atoms with van der Waals surface area (Å²) in [7, 11) is -3.53. The van der Waals surface area contributed by atoms with Crippen LogP contribution in [0.25, 0.3) is 0 Å². The highest BCUT2D eigenvalue weighted by molar-refractivity contribution is 7.91. The third-order valence-corrected chi connectivity index (χ3v) is 8.90. The summed E-state index contributed by atoms with van der Waals surface area (Å²) in [6.45, 7) is 3.50. The molecule has 9 heteroatoms. The van der Waals surface area contributed by atoms with Gasteiger partial charge in [-0.2, -0.15) is 4.31 Å². The van der Waals surface area contributed by atoms with Crippen molar-refractivity contribution in [2.24, 2.45) is 0 Å². The molecule has 0 spiro atoms. The molecule has 0 unspecified atom stereocenters. The lowest BCUT2D eigenvalue weighted by molar-refractivity contribution is -0.133. The third kappa shape index (κ3) is 4.11. The van der Waals surface area contributed by atoms with E-state index in [9.17, 15) is 13.2 Å². The highest BCUT2D eigenvalue weighted by Gasteiger charge is 2.31. The number of thiophene rings is 1. The number of carbonyl (C=O) groups excluding carboxylic acids is 1. The number of carbonyl (C=O) groups is 1. The first-order chi connectivity index (χ1) is 13.4. The van der Waals surface area contributed by atoms with Gasteiger partial charge in [0.25, 0.3) is 10.0 Å². The Morgan fingerprint density at radius 3 is 2.39 bits per heavy atom. The maximum absolute atomic E-state index is 12.7. The Bertz CT molecular complexity index is 968. The maximum atomic E-state index is 12.7. The summed E-state index contributed by atoms with van der Waals surface area (Å²) >= 11 is 6.93. The fourth-order valence-electron chi connectivity index (χ4n) is 3.72. The van der Waals surface area contributed by atoms with Crippen molar-refractivity contribution in [1.29, 1.82) is 0 Å². The Morgan fingerprint density at radius 2 is 1.71 bits per heavy atom. The smallest absolute Gasteiger partial charge is 0.252 e. The summed E-state index contributed by atoms with van der Waals surface area (Å²) in [4.78, 5) is 16.6. The highest BCUT2D eigenvalue weighted by atomic mass is 35.5. The van der Waals surface area contributed by atoms with Crippen molar-refractivity contribution in [3.63, 3.8) is 0 Å². The lowest BCUT2D eigenvalue weighted by atomic mass is 10.00. The number of halogens is 1. The van der Waals surface area contributed by atoms with E-state index in [0.29, 0.717) is 37.1 Å². The average molecular weight is 440 g/mol. The van der Waals surface area contributed by atoms with Crippen molar-refractivity contribution in [1.82, 2.24) is 14.1 Å². The van der Waals surface area contributed by atoms with E-state index in [4.69, 9.17) is 11.6 Å². The molecule has 2 aliphatic rings. The number of amides is 1. The quantitative estimate of drug-likeness (QED) is 0.733. The van der Waals surface area contributed by atoms with Crippen LogP contribution in [-0.4, -0.2) is 67.7 Å². The van der Waals surface area contributed by atoms with Gasteiger partial charge < -0.3 is 4.90 Å². The molecule has 3 heterocycles. The Kier molecular flexibility index (Phi) is 5.76. The minimum absolute atomic E-state index is 0.0654. The first kappa shape index (κ1) is 19.8. The predicted molar refractivity (Wildman–Crippen MR) is 110 cm³/mol. The normalized spacial score (nSPS) is 18.8. The minimum atomic E-state index is -3.53. The number of benzene rings is 1. The monoisotopic (exact) mass is 439 g/mol. The van der Waals surface area contributed by atoms with E-state index in [-0.39, 0.29) is 10.1 Å². The van der Waals surface area contributed by atoms with E-state index in [1.807, 2.05) is 6.07 Å². The number of fused-ring (bicyclic) bond motifs is 1. The van der Waals surface area contributed by atoms with E-state index in [1.165, 1.54) is 21.5 Å². The van der Waals surface area contributed by atoms with Crippen molar-refractivity contribution < 1.29 is 13.2 Å². The molecule has 1 aromatic heterocycles. The SMILES string of the molecule is O=C(CN1CCc2ccccc2C1)N1CCN(S(=O)(=O)c2ccc(Cl)s2)CC1. The molecule has 1 amide bonds. The largest absolute Gasteiger partial charge is 0.339 e. The Balaban J connectivity index is 1.32. The lowest BCUT2D eigenvalue weighted by Gasteiger charge is -2.35. The molecule has 0 radical (unpaired) electrons. The van der Waals surface area contributed by atoms with E-state index in [2.05, 4.69) is 23.1 Å². The van der Waals surface area contributed by atoms with Gasteiger partial charge in [-0.05, 0) is 29.7 Å². The van der Waals surface area contributed by atoms with Gasteiger partial charge in [0.1, 0.15) is 4.21 Å². The van der Waals surface area contributed by atoms with Gasteiger partial charge in [0.05, 0.1) is 10.9 Å². The van der Waals surface area contributed by atoms with Crippen LogP contribution in [0.4, 0.5) is 0 Å². The van der Waals surface area contributed by atoms with Gasteiger partial charge in [-0.3, -0.25) is 9.69 Å². The predicted octanol–water partition coefficient (Wildman–Crippen LogP) is 2.29. The highest BCUT2D eigenvalue weighted by Crippen LogP contribution is 2.28. The van der Waals surface area contributed by atoms with Crippen LogP contribution in [0.15, 0.2) is 40.6 Å². The van der Waals surface area contributed by atoms with Gasteiger partial charge in [-0.25, -0.2) is 8.42 Å². The molecule has 0 saturated carbocycles. The van der Waals surface area contributed by atoms with E-state index < -0.39 is 10.0 Å². The third-order valence-electron chi connectivity index (χ3n) is 5.30. The van der Waals surface area contributed by atoms with Gasteiger partial charge in [-0.15, -0.1) is 11.3 Å². The van der Waals surface area contributed by atoms with Crippen LogP contribution >= 0.6 is 22.9 Å². The second-order valence-electron chi connectivity index (χ2n) is 7.07. The molecule has 0 N–H and O–H groups in total.